The van der Waals surface area contributed by atoms with Gasteiger partial charge in [0.1, 0.15) is 10.1 Å². The molecule has 0 bridgehead atoms. The number of halogens is 1. The van der Waals surface area contributed by atoms with E-state index in [0.29, 0.717) is 0 Å². The van der Waals surface area contributed by atoms with E-state index in [1.54, 1.807) is 23.5 Å². The number of aromatic nitrogens is 2. The van der Waals surface area contributed by atoms with Gasteiger partial charge in [-0.25, -0.2) is 9.97 Å². The molecule has 1 heterocycles. The minimum atomic E-state index is 0.280. The lowest BCUT2D eigenvalue weighted by atomic mass is 10.2. The van der Waals surface area contributed by atoms with E-state index in [2.05, 4.69) is 74.1 Å². The van der Waals surface area contributed by atoms with Crippen LogP contribution in [0.15, 0.2) is 62.3 Å². The number of hydrogen-bond donors (Lipinski definition) is 0. The topological polar surface area (TPSA) is 25.8 Å². The lowest BCUT2D eigenvalue weighted by Crippen LogP contribution is -1.91. The fourth-order valence-electron chi connectivity index (χ4n) is 2.53. The molecule has 3 aromatic rings. The van der Waals surface area contributed by atoms with Crippen LogP contribution in [-0.2, 0) is 0 Å². The van der Waals surface area contributed by atoms with Gasteiger partial charge in [0, 0.05) is 15.9 Å². The van der Waals surface area contributed by atoms with E-state index in [0.717, 1.165) is 10.1 Å². The molecule has 128 valence electrons. The normalized spacial score (nSPS) is 10.9. The molecule has 0 aliphatic carbocycles. The SMILES string of the molecule is Cc1ccc(Sc2cc(Sc3ccc(C)cc3C)nc(Cl)n2)c(C)c1. The molecule has 0 amide bonds. The summed E-state index contributed by atoms with van der Waals surface area (Å²) in [5.41, 5.74) is 4.99. The zero-order valence-electron chi connectivity index (χ0n) is 14.6. The Hall–Kier alpha value is -1.49. The van der Waals surface area contributed by atoms with Crippen LogP contribution in [0.5, 0.6) is 0 Å². The summed E-state index contributed by atoms with van der Waals surface area (Å²) in [4.78, 5) is 11.1. The molecule has 0 unspecified atom stereocenters. The minimum Gasteiger partial charge on any atom is -0.211 e. The molecule has 0 aliphatic heterocycles. The van der Waals surface area contributed by atoms with E-state index < -0.39 is 0 Å². The van der Waals surface area contributed by atoms with Gasteiger partial charge in [-0.1, -0.05) is 58.9 Å². The second-order valence-electron chi connectivity index (χ2n) is 6.06. The zero-order valence-corrected chi connectivity index (χ0v) is 17.0. The monoisotopic (exact) mass is 386 g/mol. The van der Waals surface area contributed by atoms with Crippen LogP contribution in [0, 0.1) is 27.7 Å². The molecule has 3 rings (SSSR count). The Balaban J connectivity index is 1.87. The first kappa shape index (κ1) is 18.3. The Labute approximate surface area is 162 Å². The third-order valence-electron chi connectivity index (χ3n) is 3.74. The third kappa shape index (κ3) is 4.78. The maximum atomic E-state index is 6.16. The van der Waals surface area contributed by atoms with Gasteiger partial charge in [0.2, 0.25) is 5.28 Å². The fourth-order valence-corrected chi connectivity index (χ4v) is 4.66. The molecule has 0 atom stereocenters. The molecule has 0 fully saturated rings. The van der Waals surface area contributed by atoms with Crippen molar-refractivity contribution in [3.63, 3.8) is 0 Å². The second kappa shape index (κ2) is 7.81. The molecule has 0 spiro atoms. The molecule has 2 nitrogen and oxygen atoms in total. The Morgan fingerprint density at radius 3 is 1.52 bits per heavy atom. The highest BCUT2D eigenvalue weighted by Gasteiger charge is 2.09. The predicted molar refractivity (Wildman–Crippen MR) is 107 cm³/mol. The Morgan fingerprint density at radius 2 is 1.12 bits per heavy atom. The summed E-state index contributed by atoms with van der Waals surface area (Å²) in [5, 5.41) is 2.00. The second-order valence-corrected chi connectivity index (χ2v) is 8.52. The molecule has 0 aliphatic rings. The number of nitrogens with zero attached hydrogens (tertiary/aromatic N) is 2. The van der Waals surface area contributed by atoms with Gasteiger partial charge < -0.3 is 0 Å². The number of aryl methyl sites for hydroxylation is 4. The summed E-state index contributed by atoms with van der Waals surface area (Å²) in [6.07, 6.45) is 0. The summed E-state index contributed by atoms with van der Waals surface area (Å²) in [6, 6.07) is 14.8. The molecule has 5 heteroatoms. The number of rotatable bonds is 4. The minimum absolute atomic E-state index is 0.280. The average Bonchev–Trinajstić information content (AvgIpc) is 2.52. The van der Waals surface area contributed by atoms with Crippen molar-refractivity contribution in [1.29, 1.82) is 0 Å². The lowest BCUT2D eigenvalue weighted by molar-refractivity contribution is 0.962. The lowest BCUT2D eigenvalue weighted by Gasteiger charge is -2.09. The van der Waals surface area contributed by atoms with Crippen molar-refractivity contribution in [1.82, 2.24) is 9.97 Å². The van der Waals surface area contributed by atoms with Crippen molar-refractivity contribution in [2.75, 3.05) is 0 Å². The molecule has 0 N–H and O–H groups in total. The highest BCUT2D eigenvalue weighted by atomic mass is 35.5. The molecule has 25 heavy (non-hydrogen) atoms. The van der Waals surface area contributed by atoms with Crippen molar-refractivity contribution in [2.24, 2.45) is 0 Å². The summed E-state index contributed by atoms with van der Waals surface area (Å²) in [7, 11) is 0. The van der Waals surface area contributed by atoms with E-state index in [1.165, 1.54) is 32.0 Å². The van der Waals surface area contributed by atoms with Crippen molar-refractivity contribution >= 4 is 35.1 Å². The van der Waals surface area contributed by atoms with E-state index in [4.69, 9.17) is 11.6 Å². The van der Waals surface area contributed by atoms with Gasteiger partial charge in [-0.15, -0.1) is 0 Å². The van der Waals surface area contributed by atoms with Crippen LogP contribution in [0.1, 0.15) is 22.3 Å². The number of hydrogen-bond acceptors (Lipinski definition) is 4. The zero-order chi connectivity index (χ0) is 18.0. The maximum absolute atomic E-state index is 6.16. The quantitative estimate of drug-likeness (QED) is 0.369. The summed E-state index contributed by atoms with van der Waals surface area (Å²) >= 11 is 9.40. The van der Waals surface area contributed by atoms with Gasteiger partial charge in [-0.05, 0) is 62.6 Å². The molecule has 0 radical (unpaired) electrons. The Kier molecular flexibility index (Phi) is 5.72. The summed E-state index contributed by atoms with van der Waals surface area (Å²) < 4.78 is 0. The van der Waals surface area contributed by atoms with Crippen molar-refractivity contribution < 1.29 is 0 Å². The molecule has 0 saturated carbocycles. The van der Waals surface area contributed by atoms with Gasteiger partial charge in [0.15, 0.2) is 0 Å². The molecule has 0 saturated heterocycles. The maximum Gasteiger partial charge on any atom is 0.224 e. The van der Waals surface area contributed by atoms with Gasteiger partial charge in [0.25, 0.3) is 0 Å². The van der Waals surface area contributed by atoms with Gasteiger partial charge >= 0.3 is 0 Å². The van der Waals surface area contributed by atoms with Crippen LogP contribution in [0.2, 0.25) is 5.28 Å². The van der Waals surface area contributed by atoms with Gasteiger partial charge in [0.05, 0.1) is 0 Å². The highest BCUT2D eigenvalue weighted by Crippen LogP contribution is 2.35. The van der Waals surface area contributed by atoms with Crippen molar-refractivity contribution in [2.45, 2.75) is 47.5 Å². The third-order valence-corrected chi connectivity index (χ3v) is 6.10. The standard InChI is InChI=1S/C20H19ClN2S2/c1-12-5-7-16(14(3)9-12)24-18-11-19(23-20(21)22-18)25-17-8-6-13(2)10-15(17)4/h5-11H,1-4H3. The molecular formula is C20H19ClN2S2. The van der Waals surface area contributed by atoms with E-state index in [-0.39, 0.29) is 5.28 Å². The molecule has 2 aromatic carbocycles. The smallest absolute Gasteiger partial charge is 0.211 e. The van der Waals surface area contributed by atoms with Gasteiger partial charge in [-0.3, -0.25) is 0 Å². The first-order valence-corrected chi connectivity index (χ1v) is 9.96. The highest BCUT2D eigenvalue weighted by molar-refractivity contribution is 8.00. The van der Waals surface area contributed by atoms with Crippen molar-refractivity contribution in [3.8, 4) is 0 Å². The van der Waals surface area contributed by atoms with E-state index >= 15 is 0 Å². The van der Waals surface area contributed by atoms with Crippen LogP contribution in [0.4, 0.5) is 0 Å². The van der Waals surface area contributed by atoms with Crippen LogP contribution in [0.25, 0.3) is 0 Å². The number of benzene rings is 2. The first-order valence-electron chi connectivity index (χ1n) is 7.95. The predicted octanol–water partition coefficient (Wildman–Crippen LogP) is 6.67. The van der Waals surface area contributed by atoms with Gasteiger partial charge in [-0.2, -0.15) is 0 Å². The largest absolute Gasteiger partial charge is 0.224 e. The van der Waals surface area contributed by atoms with Crippen LogP contribution in [-0.4, -0.2) is 9.97 Å². The average molecular weight is 387 g/mol. The summed E-state index contributed by atoms with van der Waals surface area (Å²) in [5.74, 6) is 0. The van der Waals surface area contributed by atoms with Crippen LogP contribution < -0.4 is 0 Å². The first-order chi connectivity index (χ1) is 11.9. The Bertz CT molecular complexity index is 854. The van der Waals surface area contributed by atoms with Crippen LogP contribution in [0.3, 0.4) is 0 Å². The van der Waals surface area contributed by atoms with Crippen molar-refractivity contribution in [3.05, 3.63) is 70.0 Å². The Morgan fingerprint density at radius 1 is 0.680 bits per heavy atom. The molecule has 1 aromatic heterocycles. The van der Waals surface area contributed by atoms with Crippen LogP contribution >= 0.6 is 35.1 Å². The molecular weight excluding hydrogens is 368 g/mol. The fraction of sp³-hybridized carbons (Fsp3) is 0.200. The van der Waals surface area contributed by atoms with E-state index in [1.807, 2.05) is 6.07 Å². The van der Waals surface area contributed by atoms with E-state index in [9.17, 15) is 0 Å². The summed E-state index contributed by atoms with van der Waals surface area (Å²) in [6.45, 7) is 8.43.